The summed E-state index contributed by atoms with van der Waals surface area (Å²) in [5, 5.41) is 0. The average molecular weight is 243 g/mol. The SMILES string of the molecule is CCC(N)c1cccc(Cc2nccn2CC)c1. The van der Waals surface area contributed by atoms with E-state index in [-0.39, 0.29) is 6.04 Å². The van der Waals surface area contributed by atoms with Gasteiger partial charge in [-0.25, -0.2) is 4.98 Å². The van der Waals surface area contributed by atoms with E-state index in [4.69, 9.17) is 5.73 Å². The molecule has 0 bridgehead atoms. The highest BCUT2D eigenvalue weighted by molar-refractivity contribution is 5.28. The first-order chi connectivity index (χ1) is 8.74. The summed E-state index contributed by atoms with van der Waals surface area (Å²) >= 11 is 0. The van der Waals surface area contributed by atoms with Gasteiger partial charge in [-0.2, -0.15) is 0 Å². The summed E-state index contributed by atoms with van der Waals surface area (Å²) in [6.45, 7) is 5.21. The molecule has 2 rings (SSSR count). The van der Waals surface area contributed by atoms with E-state index in [1.807, 2.05) is 12.4 Å². The summed E-state index contributed by atoms with van der Waals surface area (Å²) in [5.41, 5.74) is 8.56. The topological polar surface area (TPSA) is 43.8 Å². The molecule has 18 heavy (non-hydrogen) atoms. The zero-order chi connectivity index (χ0) is 13.0. The number of aryl methyl sites for hydroxylation is 1. The summed E-state index contributed by atoms with van der Waals surface area (Å²) < 4.78 is 2.17. The maximum atomic E-state index is 6.07. The third-order valence-corrected chi connectivity index (χ3v) is 3.32. The van der Waals surface area contributed by atoms with Crippen LogP contribution in [0.1, 0.15) is 43.3 Å². The lowest BCUT2D eigenvalue weighted by Gasteiger charge is -2.11. The lowest BCUT2D eigenvalue weighted by atomic mass is 10.0. The smallest absolute Gasteiger partial charge is 0.113 e. The van der Waals surface area contributed by atoms with E-state index in [1.54, 1.807) is 0 Å². The normalized spacial score (nSPS) is 12.6. The number of aromatic nitrogens is 2. The Kier molecular flexibility index (Phi) is 4.15. The molecular formula is C15H21N3. The second-order valence-corrected chi connectivity index (χ2v) is 4.57. The number of nitrogens with two attached hydrogens (primary N) is 1. The van der Waals surface area contributed by atoms with E-state index in [1.165, 1.54) is 11.1 Å². The zero-order valence-electron chi connectivity index (χ0n) is 11.1. The lowest BCUT2D eigenvalue weighted by molar-refractivity contribution is 0.694. The van der Waals surface area contributed by atoms with Gasteiger partial charge in [0.1, 0.15) is 5.82 Å². The lowest BCUT2D eigenvalue weighted by Crippen LogP contribution is -2.09. The van der Waals surface area contributed by atoms with Gasteiger partial charge in [-0.05, 0) is 24.5 Å². The number of rotatable bonds is 5. The summed E-state index contributed by atoms with van der Waals surface area (Å²) in [6, 6.07) is 8.66. The third-order valence-electron chi connectivity index (χ3n) is 3.32. The Bertz CT molecular complexity index is 502. The second-order valence-electron chi connectivity index (χ2n) is 4.57. The van der Waals surface area contributed by atoms with Crippen molar-refractivity contribution in [3.63, 3.8) is 0 Å². The summed E-state index contributed by atoms with van der Waals surface area (Å²) in [7, 11) is 0. The van der Waals surface area contributed by atoms with Gasteiger partial charge in [-0.1, -0.05) is 31.2 Å². The van der Waals surface area contributed by atoms with Gasteiger partial charge in [-0.15, -0.1) is 0 Å². The first-order valence-electron chi connectivity index (χ1n) is 6.59. The number of imidazole rings is 1. The molecule has 2 aromatic rings. The minimum atomic E-state index is 0.135. The van der Waals surface area contributed by atoms with Gasteiger partial charge in [0.05, 0.1) is 0 Å². The molecule has 0 aliphatic carbocycles. The molecule has 0 aliphatic heterocycles. The number of hydrogen-bond acceptors (Lipinski definition) is 2. The van der Waals surface area contributed by atoms with Crippen LogP contribution in [0.15, 0.2) is 36.7 Å². The molecule has 1 heterocycles. The average Bonchev–Trinajstić information content (AvgIpc) is 2.85. The van der Waals surface area contributed by atoms with Gasteiger partial charge in [-0.3, -0.25) is 0 Å². The van der Waals surface area contributed by atoms with Crippen molar-refractivity contribution >= 4 is 0 Å². The van der Waals surface area contributed by atoms with E-state index in [9.17, 15) is 0 Å². The van der Waals surface area contributed by atoms with Crippen LogP contribution in [0.25, 0.3) is 0 Å². The van der Waals surface area contributed by atoms with Gasteiger partial charge in [0.2, 0.25) is 0 Å². The van der Waals surface area contributed by atoms with Crippen LogP contribution in [0.2, 0.25) is 0 Å². The second kappa shape index (κ2) is 5.83. The van der Waals surface area contributed by atoms with Gasteiger partial charge < -0.3 is 10.3 Å². The fourth-order valence-electron chi connectivity index (χ4n) is 2.15. The minimum absolute atomic E-state index is 0.135. The Labute approximate surface area is 109 Å². The van der Waals surface area contributed by atoms with Crippen molar-refractivity contribution in [2.24, 2.45) is 5.73 Å². The monoisotopic (exact) mass is 243 g/mol. The molecule has 2 N–H and O–H groups in total. The van der Waals surface area contributed by atoms with Crippen LogP contribution in [-0.4, -0.2) is 9.55 Å². The van der Waals surface area contributed by atoms with Gasteiger partial charge in [0.25, 0.3) is 0 Å². The largest absolute Gasteiger partial charge is 0.335 e. The molecule has 96 valence electrons. The van der Waals surface area contributed by atoms with Crippen LogP contribution in [0.4, 0.5) is 0 Å². The van der Waals surface area contributed by atoms with Crippen LogP contribution in [0.5, 0.6) is 0 Å². The van der Waals surface area contributed by atoms with Crippen LogP contribution in [-0.2, 0) is 13.0 Å². The molecule has 0 saturated carbocycles. The molecule has 1 atom stereocenters. The van der Waals surface area contributed by atoms with Crippen LogP contribution in [0, 0.1) is 0 Å². The van der Waals surface area contributed by atoms with Crippen molar-refractivity contribution in [2.75, 3.05) is 0 Å². The predicted octanol–water partition coefficient (Wildman–Crippen LogP) is 2.90. The Morgan fingerprint density at radius 3 is 2.89 bits per heavy atom. The van der Waals surface area contributed by atoms with E-state index >= 15 is 0 Å². The number of hydrogen-bond donors (Lipinski definition) is 1. The fourth-order valence-corrected chi connectivity index (χ4v) is 2.15. The van der Waals surface area contributed by atoms with E-state index in [2.05, 4.69) is 47.7 Å². The maximum Gasteiger partial charge on any atom is 0.113 e. The third kappa shape index (κ3) is 2.79. The van der Waals surface area contributed by atoms with Gasteiger partial charge in [0.15, 0.2) is 0 Å². The first kappa shape index (κ1) is 12.8. The van der Waals surface area contributed by atoms with Crippen LogP contribution in [0.3, 0.4) is 0 Å². The Hall–Kier alpha value is -1.61. The predicted molar refractivity (Wildman–Crippen MR) is 74.4 cm³/mol. The highest BCUT2D eigenvalue weighted by atomic mass is 15.0. The fraction of sp³-hybridized carbons (Fsp3) is 0.400. The molecule has 3 heteroatoms. The standard InChI is InChI=1S/C15H21N3/c1-3-14(16)13-7-5-6-12(10-13)11-15-17-8-9-18(15)4-2/h5-10,14H,3-4,11,16H2,1-2H3. The molecule has 3 nitrogen and oxygen atoms in total. The highest BCUT2D eigenvalue weighted by Crippen LogP contribution is 2.17. The highest BCUT2D eigenvalue weighted by Gasteiger charge is 2.06. The van der Waals surface area contributed by atoms with Crippen molar-refractivity contribution in [2.45, 2.75) is 39.3 Å². The zero-order valence-corrected chi connectivity index (χ0v) is 11.1. The molecule has 1 unspecified atom stereocenters. The Morgan fingerprint density at radius 1 is 1.33 bits per heavy atom. The van der Waals surface area contributed by atoms with E-state index in [0.29, 0.717) is 0 Å². The van der Waals surface area contributed by atoms with Crippen molar-refractivity contribution in [3.8, 4) is 0 Å². The van der Waals surface area contributed by atoms with Crippen molar-refractivity contribution < 1.29 is 0 Å². The van der Waals surface area contributed by atoms with Crippen molar-refractivity contribution in [1.29, 1.82) is 0 Å². The number of benzene rings is 1. The molecule has 1 aromatic heterocycles. The molecule has 0 fully saturated rings. The summed E-state index contributed by atoms with van der Waals surface area (Å²) in [4.78, 5) is 4.41. The molecular weight excluding hydrogens is 222 g/mol. The Morgan fingerprint density at radius 2 is 2.17 bits per heavy atom. The number of nitrogens with zero attached hydrogens (tertiary/aromatic N) is 2. The minimum Gasteiger partial charge on any atom is -0.335 e. The van der Waals surface area contributed by atoms with E-state index in [0.717, 1.165) is 25.2 Å². The maximum absolute atomic E-state index is 6.07. The summed E-state index contributed by atoms with van der Waals surface area (Å²) in [6.07, 6.45) is 5.72. The molecule has 0 radical (unpaired) electrons. The van der Waals surface area contributed by atoms with Crippen LogP contribution >= 0.6 is 0 Å². The molecule has 0 spiro atoms. The summed E-state index contributed by atoms with van der Waals surface area (Å²) in [5.74, 6) is 1.11. The Balaban J connectivity index is 2.19. The quantitative estimate of drug-likeness (QED) is 0.877. The molecule has 0 amide bonds. The van der Waals surface area contributed by atoms with Gasteiger partial charge >= 0.3 is 0 Å². The first-order valence-corrected chi connectivity index (χ1v) is 6.59. The van der Waals surface area contributed by atoms with Crippen LogP contribution < -0.4 is 5.73 Å². The van der Waals surface area contributed by atoms with Crippen molar-refractivity contribution in [3.05, 3.63) is 53.6 Å². The van der Waals surface area contributed by atoms with Crippen molar-refractivity contribution in [1.82, 2.24) is 9.55 Å². The molecule has 1 aromatic carbocycles. The van der Waals surface area contributed by atoms with Gasteiger partial charge in [0, 0.05) is 31.4 Å². The molecule has 0 saturated heterocycles. The van der Waals surface area contributed by atoms with E-state index < -0.39 is 0 Å². The molecule has 0 aliphatic rings.